The summed E-state index contributed by atoms with van der Waals surface area (Å²) in [7, 11) is 3.77. The number of benzene rings is 1. The maximum Gasteiger partial charge on any atom is 0.248 e. The molecule has 1 fully saturated rings. The minimum atomic E-state index is -0.391. The number of amides is 1. The molecule has 1 saturated heterocycles. The van der Waals surface area contributed by atoms with Gasteiger partial charge in [-0.25, -0.2) is 0 Å². The average molecular weight is 248 g/mol. The molecule has 0 bridgehead atoms. The van der Waals surface area contributed by atoms with Crippen LogP contribution in [-0.2, 0) is 0 Å². The number of carbonyl (C=O) groups excluding carboxylic acids is 1. The number of nitrogens with two attached hydrogens (primary N) is 1. The van der Waals surface area contributed by atoms with Gasteiger partial charge in [-0.2, -0.15) is 0 Å². The summed E-state index contributed by atoms with van der Waals surface area (Å²) in [4.78, 5) is 13.6. The predicted octanol–water partition coefficient (Wildman–Crippen LogP) is 1.95. The minimum absolute atomic E-state index is 0.313. The van der Waals surface area contributed by atoms with Crippen molar-refractivity contribution in [2.24, 2.45) is 5.73 Å². The highest BCUT2D eigenvalue weighted by Gasteiger charge is 2.24. The van der Waals surface area contributed by atoms with Crippen LogP contribution in [0, 0.1) is 0 Å². The van der Waals surface area contributed by atoms with E-state index in [0.29, 0.717) is 11.6 Å². The van der Waals surface area contributed by atoms with Crippen LogP contribution in [0.2, 0.25) is 0 Å². The van der Waals surface area contributed by atoms with Crippen molar-refractivity contribution in [2.75, 3.05) is 20.7 Å². The van der Waals surface area contributed by atoms with Crippen LogP contribution in [0.3, 0.4) is 0 Å². The molecule has 4 heteroatoms. The molecule has 1 atom stereocenters. The molecule has 1 aliphatic heterocycles. The highest BCUT2D eigenvalue weighted by Crippen LogP contribution is 2.35. The molecule has 0 aliphatic carbocycles. The highest BCUT2D eigenvalue weighted by atomic mass is 16.5. The largest absolute Gasteiger partial charge is 0.496 e. The summed E-state index contributed by atoms with van der Waals surface area (Å²) in [5.74, 6) is 0.441. The highest BCUT2D eigenvalue weighted by molar-refractivity contribution is 5.93. The van der Waals surface area contributed by atoms with Crippen molar-refractivity contribution in [3.8, 4) is 5.75 Å². The Morgan fingerprint density at radius 3 is 2.83 bits per heavy atom. The molecule has 98 valence electrons. The van der Waals surface area contributed by atoms with Gasteiger partial charge in [0.15, 0.2) is 0 Å². The van der Waals surface area contributed by atoms with E-state index in [9.17, 15) is 4.79 Å². The van der Waals surface area contributed by atoms with E-state index in [4.69, 9.17) is 10.5 Å². The zero-order valence-electron chi connectivity index (χ0n) is 11.0. The first kappa shape index (κ1) is 12.9. The molecule has 1 aromatic carbocycles. The van der Waals surface area contributed by atoms with Crippen molar-refractivity contribution in [1.82, 2.24) is 4.90 Å². The van der Waals surface area contributed by atoms with Crippen molar-refractivity contribution in [2.45, 2.75) is 25.3 Å². The quantitative estimate of drug-likeness (QED) is 0.889. The SMILES string of the molecule is COc1ccc(C(N)=O)cc1C1CCCCN1C. The average Bonchev–Trinajstić information content (AvgIpc) is 2.38. The normalized spacial score (nSPS) is 20.7. The second-order valence-corrected chi connectivity index (χ2v) is 4.81. The van der Waals surface area contributed by atoms with Crippen LogP contribution in [0.1, 0.15) is 41.2 Å². The lowest BCUT2D eigenvalue weighted by Crippen LogP contribution is -2.30. The smallest absolute Gasteiger partial charge is 0.248 e. The number of methoxy groups -OCH3 is 1. The molecule has 1 heterocycles. The number of ether oxygens (including phenoxy) is 1. The fourth-order valence-electron chi connectivity index (χ4n) is 2.62. The number of hydrogen-bond acceptors (Lipinski definition) is 3. The number of nitrogens with zero attached hydrogens (tertiary/aromatic N) is 1. The first-order chi connectivity index (χ1) is 8.63. The van der Waals surface area contributed by atoms with Crippen molar-refractivity contribution in [3.05, 3.63) is 29.3 Å². The molecule has 1 aromatic rings. The Hall–Kier alpha value is -1.55. The van der Waals surface area contributed by atoms with E-state index in [2.05, 4.69) is 11.9 Å². The summed E-state index contributed by atoms with van der Waals surface area (Å²) in [5, 5.41) is 0. The lowest BCUT2D eigenvalue weighted by atomic mass is 9.93. The van der Waals surface area contributed by atoms with E-state index in [1.54, 1.807) is 13.2 Å². The standard InChI is InChI=1S/C14H20N2O2/c1-16-8-4-3-5-12(16)11-9-10(14(15)17)6-7-13(11)18-2/h6-7,9,12H,3-5,8H2,1-2H3,(H2,15,17). The van der Waals surface area contributed by atoms with E-state index in [1.807, 2.05) is 12.1 Å². The second-order valence-electron chi connectivity index (χ2n) is 4.81. The molecule has 4 nitrogen and oxygen atoms in total. The van der Waals surface area contributed by atoms with Gasteiger partial charge in [-0.3, -0.25) is 9.69 Å². The Bertz CT molecular complexity index is 445. The molecule has 1 aliphatic rings. The minimum Gasteiger partial charge on any atom is -0.496 e. The number of primary amides is 1. The maximum atomic E-state index is 11.3. The third-order valence-electron chi connectivity index (χ3n) is 3.64. The number of rotatable bonds is 3. The monoisotopic (exact) mass is 248 g/mol. The number of piperidine rings is 1. The molecule has 0 radical (unpaired) electrons. The van der Waals surface area contributed by atoms with Gasteiger partial charge in [0.25, 0.3) is 0 Å². The Morgan fingerprint density at radius 2 is 2.22 bits per heavy atom. The summed E-state index contributed by atoms with van der Waals surface area (Å²) in [6, 6.07) is 5.73. The summed E-state index contributed by atoms with van der Waals surface area (Å²) in [6.45, 7) is 1.08. The molecule has 2 rings (SSSR count). The summed E-state index contributed by atoms with van der Waals surface area (Å²) in [5.41, 5.74) is 6.96. The number of hydrogen-bond donors (Lipinski definition) is 1. The van der Waals surface area contributed by atoms with Crippen LogP contribution < -0.4 is 10.5 Å². The molecule has 0 spiro atoms. The Labute approximate surface area is 108 Å². The molecular weight excluding hydrogens is 228 g/mol. The van der Waals surface area contributed by atoms with Gasteiger partial charge in [0.05, 0.1) is 7.11 Å². The fourth-order valence-corrected chi connectivity index (χ4v) is 2.62. The van der Waals surface area contributed by atoms with Crippen molar-refractivity contribution < 1.29 is 9.53 Å². The fraction of sp³-hybridized carbons (Fsp3) is 0.500. The van der Waals surface area contributed by atoms with Crippen LogP contribution in [0.25, 0.3) is 0 Å². The molecule has 18 heavy (non-hydrogen) atoms. The first-order valence-corrected chi connectivity index (χ1v) is 6.31. The van der Waals surface area contributed by atoms with Crippen LogP contribution >= 0.6 is 0 Å². The van der Waals surface area contributed by atoms with Gasteiger partial charge in [-0.05, 0) is 44.6 Å². The van der Waals surface area contributed by atoms with Crippen molar-refractivity contribution >= 4 is 5.91 Å². The third kappa shape index (κ3) is 2.48. The van der Waals surface area contributed by atoms with Crippen LogP contribution in [0.4, 0.5) is 0 Å². The maximum absolute atomic E-state index is 11.3. The Balaban J connectivity index is 2.39. The molecule has 1 unspecified atom stereocenters. The summed E-state index contributed by atoms with van der Waals surface area (Å²) in [6.07, 6.45) is 3.53. The van der Waals surface area contributed by atoms with Gasteiger partial charge >= 0.3 is 0 Å². The number of likely N-dealkylation sites (tertiary alicyclic amines) is 1. The van der Waals surface area contributed by atoms with Gasteiger partial charge in [0, 0.05) is 17.2 Å². The topological polar surface area (TPSA) is 55.6 Å². The molecule has 0 saturated carbocycles. The Kier molecular flexibility index (Phi) is 3.87. The van der Waals surface area contributed by atoms with E-state index < -0.39 is 5.91 Å². The molecule has 2 N–H and O–H groups in total. The zero-order valence-corrected chi connectivity index (χ0v) is 11.0. The zero-order chi connectivity index (χ0) is 13.1. The Morgan fingerprint density at radius 1 is 1.44 bits per heavy atom. The van der Waals surface area contributed by atoms with Gasteiger partial charge < -0.3 is 10.5 Å². The van der Waals surface area contributed by atoms with Crippen LogP contribution in [0.15, 0.2) is 18.2 Å². The van der Waals surface area contributed by atoms with Gasteiger partial charge in [-0.1, -0.05) is 6.42 Å². The van der Waals surface area contributed by atoms with Gasteiger partial charge in [0.1, 0.15) is 5.75 Å². The third-order valence-corrected chi connectivity index (χ3v) is 3.64. The van der Waals surface area contributed by atoms with Crippen molar-refractivity contribution in [3.63, 3.8) is 0 Å². The van der Waals surface area contributed by atoms with Crippen LogP contribution in [0.5, 0.6) is 5.75 Å². The van der Waals surface area contributed by atoms with Gasteiger partial charge in [0.2, 0.25) is 5.91 Å². The first-order valence-electron chi connectivity index (χ1n) is 6.31. The molecular formula is C14H20N2O2. The van der Waals surface area contributed by atoms with E-state index in [-0.39, 0.29) is 0 Å². The van der Waals surface area contributed by atoms with E-state index in [0.717, 1.165) is 24.3 Å². The van der Waals surface area contributed by atoms with E-state index in [1.165, 1.54) is 12.8 Å². The van der Waals surface area contributed by atoms with Crippen molar-refractivity contribution in [1.29, 1.82) is 0 Å². The molecule has 1 amide bonds. The summed E-state index contributed by atoms with van der Waals surface area (Å²) >= 11 is 0. The second kappa shape index (κ2) is 5.40. The lowest BCUT2D eigenvalue weighted by Gasteiger charge is -2.33. The van der Waals surface area contributed by atoms with Gasteiger partial charge in [-0.15, -0.1) is 0 Å². The van der Waals surface area contributed by atoms with Crippen LogP contribution in [-0.4, -0.2) is 31.5 Å². The van der Waals surface area contributed by atoms with E-state index >= 15 is 0 Å². The number of carbonyl (C=O) groups is 1. The lowest BCUT2D eigenvalue weighted by molar-refractivity contribution is 0.1000. The molecule has 0 aromatic heterocycles. The predicted molar refractivity (Wildman–Crippen MR) is 70.7 cm³/mol. The summed E-state index contributed by atoms with van der Waals surface area (Å²) < 4.78 is 5.40.